The minimum atomic E-state index is -0.00644. The van der Waals surface area contributed by atoms with Crippen molar-refractivity contribution in [1.82, 2.24) is 4.90 Å². The van der Waals surface area contributed by atoms with Crippen LogP contribution in [0.4, 0.5) is 0 Å². The summed E-state index contributed by atoms with van der Waals surface area (Å²) in [5.41, 5.74) is 1.17. The summed E-state index contributed by atoms with van der Waals surface area (Å²) in [6.07, 6.45) is 6.58. The number of carbonyl (C=O) groups is 1. The van der Waals surface area contributed by atoms with Crippen molar-refractivity contribution in [2.24, 2.45) is 0 Å². The highest BCUT2D eigenvalue weighted by Gasteiger charge is 2.27. The highest BCUT2D eigenvalue weighted by Crippen LogP contribution is 2.27. The van der Waals surface area contributed by atoms with Crippen LogP contribution in [-0.2, 0) is 4.79 Å². The molecule has 104 valence electrons. The minimum absolute atomic E-state index is 0.00644. The van der Waals surface area contributed by atoms with E-state index in [1.54, 1.807) is 0 Å². The van der Waals surface area contributed by atoms with Crippen molar-refractivity contribution >= 4 is 5.78 Å². The van der Waals surface area contributed by atoms with Crippen LogP contribution in [0.25, 0.3) is 0 Å². The molecule has 1 saturated heterocycles. The Morgan fingerprint density at radius 3 is 2.47 bits per heavy atom. The molecule has 1 aromatic rings. The molecular formula is C17H25NO. The van der Waals surface area contributed by atoms with Gasteiger partial charge in [-0.15, -0.1) is 0 Å². The first kappa shape index (κ1) is 14.3. The van der Waals surface area contributed by atoms with Crippen LogP contribution >= 0.6 is 0 Å². The van der Waals surface area contributed by atoms with Gasteiger partial charge in [-0.25, -0.2) is 0 Å². The Hall–Kier alpha value is -1.15. The molecule has 0 aromatic heterocycles. The second-order valence-electron chi connectivity index (χ2n) is 5.48. The van der Waals surface area contributed by atoms with Crippen LogP contribution in [-0.4, -0.2) is 23.8 Å². The van der Waals surface area contributed by atoms with Gasteiger partial charge in [-0.2, -0.15) is 0 Å². The molecule has 1 fully saturated rings. The molecule has 1 unspecified atom stereocenters. The number of ketones is 1. The normalized spacial score (nSPS) is 18.2. The van der Waals surface area contributed by atoms with E-state index in [0.29, 0.717) is 12.2 Å². The Morgan fingerprint density at radius 2 is 1.84 bits per heavy atom. The van der Waals surface area contributed by atoms with Gasteiger partial charge < -0.3 is 0 Å². The highest BCUT2D eigenvalue weighted by molar-refractivity contribution is 5.85. The number of rotatable bonds is 6. The second kappa shape index (κ2) is 7.44. The van der Waals surface area contributed by atoms with Crippen molar-refractivity contribution in [2.45, 2.75) is 51.5 Å². The number of piperidine rings is 1. The molecule has 0 radical (unpaired) electrons. The van der Waals surface area contributed by atoms with Gasteiger partial charge in [0.2, 0.25) is 0 Å². The average Bonchev–Trinajstić information content (AvgIpc) is 2.47. The van der Waals surface area contributed by atoms with E-state index in [2.05, 4.69) is 24.0 Å². The summed E-state index contributed by atoms with van der Waals surface area (Å²) in [7, 11) is 0. The predicted octanol–water partition coefficient (Wildman–Crippen LogP) is 3.97. The Morgan fingerprint density at radius 1 is 1.16 bits per heavy atom. The average molecular weight is 259 g/mol. The quantitative estimate of drug-likeness (QED) is 0.770. The maximum Gasteiger partial charge on any atom is 0.154 e. The van der Waals surface area contributed by atoms with Crippen molar-refractivity contribution in [3.63, 3.8) is 0 Å². The van der Waals surface area contributed by atoms with Gasteiger partial charge >= 0.3 is 0 Å². The van der Waals surface area contributed by atoms with E-state index in [1.165, 1.54) is 24.8 Å². The minimum Gasteiger partial charge on any atom is -0.298 e. The lowest BCUT2D eigenvalue weighted by Crippen LogP contribution is -2.37. The molecule has 2 heteroatoms. The first-order chi connectivity index (χ1) is 9.33. The smallest absolute Gasteiger partial charge is 0.154 e. The van der Waals surface area contributed by atoms with E-state index in [0.717, 1.165) is 25.9 Å². The number of hydrogen-bond donors (Lipinski definition) is 0. The number of nitrogens with zero attached hydrogens (tertiary/aromatic N) is 1. The summed E-state index contributed by atoms with van der Waals surface area (Å²) in [5.74, 6) is 0.398. The number of unbranched alkanes of at least 4 members (excludes halogenated alkanes) is 1. The molecule has 2 nitrogen and oxygen atoms in total. The van der Waals surface area contributed by atoms with Crippen LogP contribution in [0.15, 0.2) is 30.3 Å². The molecule has 1 aliphatic rings. The Balaban J connectivity index is 2.14. The fourth-order valence-electron chi connectivity index (χ4n) is 2.90. The summed E-state index contributed by atoms with van der Waals surface area (Å²) >= 11 is 0. The van der Waals surface area contributed by atoms with Crippen molar-refractivity contribution < 1.29 is 4.79 Å². The Kier molecular flexibility index (Phi) is 5.59. The lowest BCUT2D eigenvalue weighted by Gasteiger charge is -2.34. The maximum atomic E-state index is 12.6. The summed E-state index contributed by atoms with van der Waals surface area (Å²) < 4.78 is 0. The Labute approximate surface area is 116 Å². The van der Waals surface area contributed by atoms with E-state index >= 15 is 0 Å². The lowest BCUT2D eigenvalue weighted by molar-refractivity contribution is -0.125. The highest BCUT2D eigenvalue weighted by atomic mass is 16.1. The van der Waals surface area contributed by atoms with Crippen molar-refractivity contribution in [3.05, 3.63) is 35.9 Å². The van der Waals surface area contributed by atoms with Gasteiger partial charge in [0.25, 0.3) is 0 Å². The molecule has 19 heavy (non-hydrogen) atoms. The molecule has 0 saturated carbocycles. The number of benzene rings is 1. The summed E-state index contributed by atoms with van der Waals surface area (Å²) in [6.45, 7) is 4.28. The van der Waals surface area contributed by atoms with Crippen molar-refractivity contribution in [3.8, 4) is 0 Å². The van der Waals surface area contributed by atoms with Crippen molar-refractivity contribution in [1.29, 1.82) is 0 Å². The maximum absolute atomic E-state index is 12.6. The second-order valence-corrected chi connectivity index (χ2v) is 5.48. The van der Waals surface area contributed by atoms with Crippen molar-refractivity contribution in [2.75, 3.05) is 13.1 Å². The monoisotopic (exact) mass is 259 g/mol. The fourth-order valence-corrected chi connectivity index (χ4v) is 2.90. The zero-order valence-corrected chi connectivity index (χ0v) is 12.0. The summed E-state index contributed by atoms with van der Waals surface area (Å²) in [5, 5.41) is 0. The number of carbonyl (C=O) groups excluding carboxylic acids is 1. The number of likely N-dealkylation sites (tertiary alicyclic amines) is 1. The van der Waals surface area contributed by atoms with Crippen LogP contribution in [0, 0.1) is 0 Å². The van der Waals surface area contributed by atoms with Crippen LogP contribution in [0.1, 0.15) is 57.1 Å². The SMILES string of the molecule is CCCCC(=O)C(c1ccccc1)N1CCCCC1. The predicted molar refractivity (Wildman–Crippen MR) is 79.1 cm³/mol. The molecule has 0 aliphatic carbocycles. The molecule has 0 bridgehead atoms. The first-order valence-electron chi connectivity index (χ1n) is 7.64. The van der Waals surface area contributed by atoms with E-state index in [1.807, 2.05) is 18.2 Å². The summed E-state index contributed by atoms with van der Waals surface area (Å²) in [4.78, 5) is 14.9. The molecule has 1 heterocycles. The Bertz CT molecular complexity index is 382. The molecule has 0 spiro atoms. The van der Waals surface area contributed by atoms with Gasteiger partial charge in [-0.05, 0) is 37.9 Å². The van der Waals surface area contributed by atoms with Gasteiger partial charge in [-0.1, -0.05) is 50.1 Å². The standard InChI is InChI=1S/C17H25NO/c1-2-3-12-16(19)17(15-10-6-4-7-11-15)18-13-8-5-9-14-18/h4,6-7,10-11,17H,2-3,5,8-9,12-14H2,1H3. The third-order valence-corrected chi connectivity index (χ3v) is 3.95. The van der Waals surface area contributed by atoms with Gasteiger partial charge in [0.1, 0.15) is 0 Å². The molecular weight excluding hydrogens is 234 g/mol. The fraction of sp³-hybridized carbons (Fsp3) is 0.588. The summed E-state index contributed by atoms with van der Waals surface area (Å²) in [6, 6.07) is 10.3. The first-order valence-corrected chi connectivity index (χ1v) is 7.64. The molecule has 0 amide bonds. The van der Waals surface area contributed by atoms with Crippen LogP contribution < -0.4 is 0 Å². The number of hydrogen-bond acceptors (Lipinski definition) is 2. The van der Waals surface area contributed by atoms with Crippen LogP contribution in [0.5, 0.6) is 0 Å². The lowest BCUT2D eigenvalue weighted by atomic mass is 9.95. The number of Topliss-reactive ketones (excluding diaryl/α,β-unsaturated/α-hetero) is 1. The van der Waals surface area contributed by atoms with E-state index in [-0.39, 0.29) is 6.04 Å². The topological polar surface area (TPSA) is 20.3 Å². The van der Waals surface area contributed by atoms with E-state index in [9.17, 15) is 4.79 Å². The molecule has 1 atom stereocenters. The van der Waals surface area contributed by atoms with Crippen LogP contribution in [0.2, 0.25) is 0 Å². The van der Waals surface area contributed by atoms with Gasteiger partial charge in [0, 0.05) is 6.42 Å². The van der Waals surface area contributed by atoms with Gasteiger partial charge in [0.15, 0.2) is 5.78 Å². The third-order valence-electron chi connectivity index (χ3n) is 3.95. The largest absolute Gasteiger partial charge is 0.298 e. The van der Waals surface area contributed by atoms with Gasteiger partial charge in [-0.3, -0.25) is 9.69 Å². The van der Waals surface area contributed by atoms with E-state index in [4.69, 9.17) is 0 Å². The zero-order valence-electron chi connectivity index (χ0n) is 12.0. The van der Waals surface area contributed by atoms with E-state index < -0.39 is 0 Å². The molecule has 0 N–H and O–H groups in total. The zero-order chi connectivity index (χ0) is 13.5. The van der Waals surface area contributed by atoms with Gasteiger partial charge in [0.05, 0.1) is 6.04 Å². The van der Waals surface area contributed by atoms with Crippen LogP contribution in [0.3, 0.4) is 0 Å². The third kappa shape index (κ3) is 3.90. The molecule has 1 aromatic carbocycles. The molecule has 2 rings (SSSR count). The molecule has 1 aliphatic heterocycles.